The van der Waals surface area contributed by atoms with Gasteiger partial charge < -0.3 is 4.90 Å². The monoisotopic (exact) mass is 369 g/mol. The van der Waals surface area contributed by atoms with Crippen molar-refractivity contribution in [3.05, 3.63) is 64.7 Å². The lowest BCUT2D eigenvalue weighted by molar-refractivity contribution is -0.134. The quantitative estimate of drug-likeness (QED) is 0.804. The van der Waals surface area contributed by atoms with Crippen molar-refractivity contribution in [2.45, 2.75) is 50.5 Å². The number of benzene rings is 2. The number of piperidine rings is 1. The molecule has 0 spiro atoms. The highest BCUT2D eigenvalue weighted by molar-refractivity contribution is 7.84. The van der Waals surface area contributed by atoms with E-state index in [2.05, 4.69) is 32.0 Å². The molecule has 1 aliphatic rings. The maximum Gasteiger partial charge on any atom is 0.227 e. The third-order valence-electron chi connectivity index (χ3n) is 5.45. The lowest BCUT2D eigenvalue weighted by Crippen LogP contribution is -2.39. The fourth-order valence-electron chi connectivity index (χ4n) is 3.88. The molecule has 0 aromatic heterocycles. The molecule has 1 fully saturated rings. The first-order valence-electron chi connectivity index (χ1n) is 9.26. The molecule has 0 aliphatic carbocycles. The van der Waals surface area contributed by atoms with E-state index in [-0.39, 0.29) is 11.9 Å². The summed E-state index contributed by atoms with van der Waals surface area (Å²) in [7, 11) is -1.08. The SMILES string of the molecule is Cc1cccc(C2CCCCN2C(=O)Cc2ccccc2S(C)=O)c1C. The van der Waals surface area contributed by atoms with Crippen LogP contribution in [0.1, 0.15) is 47.6 Å². The Labute approximate surface area is 158 Å². The molecule has 2 aromatic rings. The third-order valence-corrected chi connectivity index (χ3v) is 6.47. The minimum atomic E-state index is -1.08. The van der Waals surface area contributed by atoms with E-state index in [9.17, 15) is 9.00 Å². The zero-order chi connectivity index (χ0) is 18.7. The molecule has 1 amide bonds. The van der Waals surface area contributed by atoms with Crippen molar-refractivity contribution in [1.82, 2.24) is 4.90 Å². The minimum absolute atomic E-state index is 0.133. The van der Waals surface area contributed by atoms with Crippen LogP contribution in [0.4, 0.5) is 0 Å². The molecule has 1 aliphatic heterocycles. The van der Waals surface area contributed by atoms with E-state index < -0.39 is 10.8 Å². The second-order valence-corrected chi connectivity index (χ2v) is 8.47. The normalized spacial score (nSPS) is 18.6. The van der Waals surface area contributed by atoms with Gasteiger partial charge in [-0.05, 0) is 61.4 Å². The molecule has 0 N–H and O–H groups in total. The average molecular weight is 370 g/mol. The van der Waals surface area contributed by atoms with Gasteiger partial charge in [0.2, 0.25) is 5.91 Å². The molecule has 3 rings (SSSR count). The molecule has 4 heteroatoms. The van der Waals surface area contributed by atoms with Crippen molar-refractivity contribution in [2.24, 2.45) is 0 Å². The van der Waals surface area contributed by atoms with Crippen LogP contribution in [-0.2, 0) is 22.0 Å². The first kappa shape index (κ1) is 18.8. The predicted molar refractivity (Wildman–Crippen MR) is 107 cm³/mol. The van der Waals surface area contributed by atoms with Crippen LogP contribution in [0.3, 0.4) is 0 Å². The molecule has 2 unspecified atom stereocenters. The van der Waals surface area contributed by atoms with Gasteiger partial charge in [0.25, 0.3) is 0 Å². The first-order chi connectivity index (χ1) is 12.5. The molecular formula is C22H27NO2S. The predicted octanol–water partition coefficient (Wildman–Crippen LogP) is 4.34. The molecule has 26 heavy (non-hydrogen) atoms. The maximum atomic E-state index is 13.1. The highest BCUT2D eigenvalue weighted by Crippen LogP contribution is 2.34. The summed E-state index contributed by atoms with van der Waals surface area (Å²) in [4.78, 5) is 16.0. The smallest absolute Gasteiger partial charge is 0.227 e. The molecule has 1 heterocycles. The second kappa shape index (κ2) is 8.17. The van der Waals surface area contributed by atoms with E-state index in [1.807, 2.05) is 29.2 Å². The molecular weight excluding hydrogens is 342 g/mol. The first-order valence-corrected chi connectivity index (χ1v) is 10.8. The number of amides is 1. The van der Waals surface area contributed by atoms with Crippen molar-refractivity contribution in [3.63, 3.8) is 0 Å². The van der Waals surface area contributed by atoms with Crippen LogP contribution in [-0.4, -0.2) is 27.8 Å². The molecule has 0 saturated carbocycles. The highest BCUT2D eigenvalue weighted by atomic mass is 32.2. The van der Waals surface area contributed by atoms with Gasteiger partial charge in [0, 0.05) is 17.7 Å². The van der Waals surface area contributed by atoms with Crippen molar-refractivity contribution in [2.75, 3.05) is 12.8 Å². The number of aryl methyl sites for hydroxylation is 1. The Morgan fingerprint density at radius 1 is 1.12 bits per heavy atom. The molecule has 0 radical (unpaired) electrons. The fraction of sp³-hybridized carbons (Fsp3) is 0.409. The summed E-state index contributed by atoms with van der Waals surface area (Å²) in [6.45, 7) is 5.08. The fourth-order valence-corrected chi connectivity index (χ4v) is 4.66. The topological polar surface area (TPSA) is 37.4 Å². The third kappa shape index (κ3) is 3.90. The van der Waals surface area contributed by atoms with Crippen LogP contribution in [0.2, 0.25) is 0 Å². The van der Waals surface area contributed by atoms with Crippen LogP contribution in [0, 0.1) is 13.8 Å². The van der Waals surface area contributed by atoms with Crippen LogP contribution in [0.25, 0.3) is 0 Å². The molecule has 1 saturated heterocycles. The number of hydrogen-bond acceptors (Lipinski definition) is 2. The summed E-state index contributed by atoms with van der Waals surface area (Å²) >= 11 is 0. The lowest BCUT2D eigenvalue weighted by Gasteiger charge is -2.37. The van der Waals surface area contributed by atoms with Crippen molar-refractivity contribution in [3.8, 4) is 0 Å². The van der Waals surface area contributed by atoms with Gasteiger partial charge in [-0.1, -0.05) is 36.4 Å². The maximum absolute atomic E-state index is 13.1. The van der Waals surface area contributed by atoms with E-state index in [4.69, 9.17) is 0 Å². The van der Waals surface area contributed by atoms with Crippen LogP contribution < -0.4 is 0 Å². The number of rotatable bonds is 4. The molecule has 0 bridgehead atoms. The standard InChI is InChI=1S/C22H27NO2S/c1-16-9-8-11-19(17(16)2)20-12-6-7-14-23(20)22(24)15-18-10-4-5-13-21(18)26(3)25/h4-5,8-11,13,20H,6-7,12,14-15H2,1-3H3. The summed E-state index contributed by atoms with van der Waals surface area (Å²) in [5.41, 5.74) is 4.70. The number of likely N-dealkylation sites (tertiary alicyclic amines) is 1. The van der Waals surface area contributed by atoms with Crippen LogP contribution >= 0.6 is 0 Å². The van der Waals surface area contributed by atoms with E-state index >= 15 is 0 Å². The van der Waals surface area contributed by atoms with Gasteiger partial charge in [-0.15, -0.1) is 0 Å². The zero-order valence-electron chi connectivity index (χ0n) is 15.8. The molecule has 138 valence electrons. The Bertz CT molecular complexity index is 831. The molecule has 3 nitrogen and oxygen atoms in total. The zero-order valence-corrected chi connectivity index (χ0v) is 16.6. The number of hydrogen-bond donors (Lipinski definition) is 0. The Kier molecular flexibility index (Phi) is 5.92. The second-order valence-electron chi connectivity index (χ2n) is 7.13. The van der Waals surface area contributed by atoms with Crippen molar-refractivity contribution >= 4 is 16.7 Å². The minimum Gasteiger partial charge on any atom is -0.335 e. The number of nitrogens with zero attached hydrogens (tertiary/aromatic N) is 1. The van der Waals surface area contributed by atoms with Crippen molar-refractivity contribution < 1.29 is 9.00 Å². The van der Waals surface area contributed by atoms with Crippen LogP contribution in [0.15, 0.2) is 47.4 Å². The van der Waals surface area contributed by atoms with Gasteiger partial charge >= 0.3 is 0 Å². The highest BCUT2D eigenvalue weighted by Gasteiger charge is 2.29. The summed E-state index contributed by atoms with van der Waals surface area (Å²) < 4.78 is 12.0. The average Bonchev–Trinajstić information content (AvgIpc) is 2.64. The van der Waals surface area contributed by atoms with E-state index in [0.717, 1.165) is 36.3 Å². The summed E-state index contributed by atoms with van der Waals surface area (Å²) in [5, 5.41) is 0. The van der Waals surface area contributed by atoms with Gasteiger partial charge in [-0.3, -0.25) is 9.00 Å². The Morgan fingerprint density at radius 2 is 1.88 bits per heavy atom. The lowest BCUT2D eigenvalue weighted by atomic mass is 9.90. The summed E-state index contributed by atoms with van der Waals surface area (Å²) in [6.07, 6.45) is 5.20. The van der Waals surface area contributed by atoms with E-state index in [1.54, 1.807) is 6.26 Å². The van der Waals surface area contributed by atoms with E-state index in [1.165, 1.54) is 16.7 Å². The van der Waals surface area contributed by atoms with Gasteiger partial charge in [0.15, 0.2) is 0 Å². The van der Waals surface area contributed by atoms with Gasteiger partial charge in [0.05, 0.1) is 23.3 Å². The Hall–Kier alpha value is -1.94. The van der Waals surface area contributed by atoms with Gasteiger partial charge in [-0.2, -0.15) is 0 Å². The van der Waals surface area contributed by atoms with Crippen LogP contribution in [0.5, 0.6) is 0 Å². The van der Waals surface area contributed by atoms with Gasteiger partial charge in [0.1, 0.15) is 0 Å². The molecule has 2 atom stereocenters. The van der Waals surface area contributed by atoms with Crippen molar-refractivity contribution in [1.29, 1.82) is 0 Å². The summed E-state index contributed by atoms with van der Waals surface area (Å²) in [5.74, 6) is 0.133. The number of carbonyl (C=O) groups excluding carboxylic acids is 1. The summed E-state index contributed by atoms with van der Waals surface area (Å²) in [6, 6.07) is 14.1. The Balaban J connectivity index is 1.87. The number of carbonyl (C=O) groups is 1. The van der Waals surface area contributed by atoms with E-state index in [0.29, 0.717) is 6.42 Å². The Morgan fingerprint density at radius 3 is 2.65 bits per heavy atom. The van der Waals surface area contributed by atoms with Gasteiger partial charge in [-0.25, -0.2) is 0 Å². The largest absolute Gasteiger partial charge is 0.335 e. The molecule has 2 aromatic carbocycles.